The molecule has 2 heterocycles. The zero-order valence-electron chi connectivity index (χ0n) is 11.9. The van der Waals surface area contributed by atoms with Crippen molar-refractivity contribution >= 4 is 5.82 Å². The maximum Gasteiger partial charge on any atom is 0.128 e. The zero-order valence-corrected chi connectivity index (χ0v) is 11.9. The number of hydrogen-bond acceptors (Lipinski definition) is 5. The van der Waals surface area contributed by atoms with Gasteiger partial charge in [0.25, 0.3) is 0 Å². The van der Waals surface area contributed by atoms with Crippen LogP contribution in [0.1, 0.15) is 12.0 Å². The summed E-state index contributed by atoms with van der Waals surface area (Å²) in [5, 5.41) is 0. The number of anilines is 1. The predicted molar refractivity (Wildman–Crippen MR) is 77.3 cm³/mol. The van der Waals surface area contributed by atoms with Crippen molar-refractivity contribution in [3.63, 3.8) is 0 Å². The molecule has 1 aromatic heterocycles. The average Bonchev–Trinajstić information content (AvgIpc) is 2.82. The third kappa shape index (κ3) is 4.16. The van der Waals surface area contributed by atoms with Gasteiger partial charge in [0.15, 0.2) is 0 Å². The van der Waals surface area contributed by atoms with Crippen molar-refractivity contribution in [3.8, 4) is 0 Å². The van der Waals surface area contributed by atoms with E-state index in [9.17, 15) is 0 Å². The van der Waals surface area contributed by atoms with E-state index < -0.39 is 0 Å². The van der Waals surface area contributed by atoms with Gasteiger partial charge in [0, 0.05) is 52.6 Å². The number of hydrogen-bond donors (Lipinski definition) is 1. The van der Waals surface area contributed by atoms with E-state index in [1.165, 1.54) is 5.56 Å². The first-order valence-corrected chi connectivity index (χ1v) is 6.82. The van der Waals surface area contributed by atoms with Gasteiger partial charge < -0.3 is 15.4 Å². The van der Waals surface area contributed by atoms with Crippen LogP contribution in [0.25, 0.3) is 0 Å². The average molecular weight is 264 g/mol. The number of nitrogens with two attached hydrogens (primary N) is 1. The number of rotatable bonds is 6. The van der Waals surface area contributed by atoms with E-state index >= 15 is 0 Å². The summed E-state index contributed by atoms with van der Waals surface area (Å²) in [7, 11) is 3.74. The Balaban J connectivity index is 1.87. The molecule has 0 bridgehead atoms. The first-order chi connectivity index (χ1) is 9.19. The molecule has 5 heteroatoms. The number of methoxy groups -OCH3 is 1. The Bertz CT molecular complexity index is 382. The van der Waals surface area contributed by atoms with Gasteiger partial charge in [-0.05, 0) is 18.1 Å². The lowest BCUT2D eigenvalue weighted by Gasteiger charge is -2.19. The summed E-state index contributed by atoms with van der Waals surface area (Å²) < 4.78 is 5.07. The predicted octanol–water partition coefficient (Wildman–Crippen LogP) is 0.697. The molecule has 0 saturated carbocycles. The number of ether oxygens (including phenoxy) is 1. The van der Waals surface area contributed by atoms with E-state index in [2.05, 4.69) is 26.9 Å². The van der Waals surface area contributed by atoms with Crippen molar-refractivity contribution < 1.29 is 4.74 Å². The minimum absolute atomic E-state index is 0.340. The zero-order chi connectivity index (χ0) is 13.7. The number of aromatic nitrogens is 1. The highest BCUT2D eigenvalue weighted by Gasteiger charge is 2.18. The van der Waals surface area contributed by atoms with E-state index in [0.717, 1.165) is 38.4 Å². The minimum Gasteiger partial charge on any atom is -0.383 e. The molecule has 2 N–H and O–H groups in total. The Hall–Kier alpha value is -1.17. The van der Waals surface area contributed by atoms with E-state index in [1.807, 2.05) is 13.2 Å². The van der Waals surface area contributed by atoms with Crippen LogP contribution in [-0.2, 0) is 11.3 Å². The Kier molecular flexibility index (Phi) is 5.13. The van der Waals surface area contributed by atoms with Crippen LogP contribution in [-0.4, -0.2) is 56.3 Å². The smallest absolute Gasteiger partial charge is 0.128 e. The highest BCUT2D eigenvalue weighted by atomic mass is 16.5. The van der Waals surface area contributed by atoms with Crippen LogP contribution < -0.4 is 10.6 Å². The number of likely N-dealkylation sites (tertiary alicyclic amines) is 1. The summed E-state index contributed by atoms with van der Waals surface area (Å²) in [6.07, 6.45) is 3.06. The number of likely N-dealkylation sites (N-methyl/N-ethyl adjacent to an activating group) is 1. The second-order valence-electron chi connectivity index (χ2n) is 5.22. The van der Waals surface area contributed by atoms with Gasteiger partial charge in [-0.3, -0.25) is 4.90 Å². The summed E-state index contributed by atoms with van der Waals surface area (Å²) >= 11 is 0. The third-order valence-corrected chi connectivity index (χ3v) is 3.55. The highest BCUT2D eigenvalue weighted by molar-refractivity contribution is 5.38. The first kappa shape index (κ1) is 14.2. The molecule has 1 saturated heterocycles. The van der Waals surface area contributed by atoms with Crippen LogP contribution in [0.3, 0.4) is 0 Å². The summed E-state index contributed by atoms with van der Waals surface area (Å²) in [5.74, 6) is 0.985. The van der Waals surface area contributed by atoms with Gasteiger partial charge in [0.1, 0.15) is 5.82 Å². The molecule has 0 unspecified atom stereocenters. The van der Waals surface area contributed by atoms with E-state index in [4.69, 9.17) is 10.5 Å². The lowest BCUT2D eigenvalue weighted by Crippen LogP contribution is -2.26. The van der Waals surface area contributed by atoms with Crippen LogP contribution >= 0.6 is 0 Å². The van der Waals surface area contributed by atoms with Crippen molar-refractivity contribution in [2.24, 2.45) is 5.73 Å². The normalized spacial score (nSPS) is 19.8. The summed E-state index contributed by atoms with van der Waals surface area (Å²) in [4.78, 5) is 8.99. The first-order valence-electron chi connectivity index (χ1n) is 6.82. The van der Waals surface area contributed by atoms with Gasteiger partial charge in [-0.1, -0.05) is 6.07 Å². The summed E-state index contributed by atoms with van der Waals surface area (Å²) in [6.45, 7) is 4.60. The molecular formula is C14H24N4O. The van der Waals surface area contributed by atoms with E-state index in [-0.39, 0.29) is 0 Å². The number of nitrogens with zero attached hydrogens (tertiary/aromatic N) is 3. The van der Waals surface area contributed by atoms with Gasteiger partial charge in [0.2, 0.25) is 0 Å². The molecule has 1 aliphatic heterocycles. The maximum atomic E-state index is 5.91. The third-order valence-electron chi connectivity index (χ3n) is 3.55. The topological polar surface area (TPSA) is 54.6 Å². The molecule has 1 atom stereocenters. The lowest BCUT2D eigenvalue weighted by molar-refractivity contribution is 0.206. The Morgan fingerprint density at radius 3 is 2.95 bits per heavy atom. The fourth-order valence-corrected chi connectivity index (χ4v) is 2.34. The summed E-state index contributed by atoms with van der Waals surface area (Å²) in [6, 6.07) is 4.56. The minimum atomic E-state index is 0.340. The molecule has 2 rings (SSSR count). The fraction of sp³-hybridized carbons (Fsp3) is 0.643. The molecule has 1 aliphatic rings. The molecule has 0 amide bonds. The standard InChI is InChI=1S/C14H24N4O/c1-17(7-8-19-2)14-4-3-12(9-16-14)10-18-6-5-13(15)11-18/h3-4,9,13H,5-8,10-11,15H2,1-2H3/t13-/m0/s1. The van der Waals surface area contributed by atoms with Gasteiger partial charge in [-0.15, -0.1) is 0 Å². The molecule has 5 nitrogen and oxygen atoms in total. The van der Waals surface area contributed by atoms with Crippen LogP contribution in [0.4, 0.5) is 5.82 Å². The number of pyridine rings is 1. The molecular weight excluding hydrogens is 240 g/mol. The van der Waals surface area contributed by atoms with Crippen LogP contribution in [0.15, 0.2) is 18.3 Å². The van der Waals surface area contributed by atoms with Crippen LogP contribution in [0.5, 0.6) is 0 Å². The quantitative estimate of drug-likeness (QED) is 0.819. The van der Waals surface area contributed by atoms with Crippen molar-refractivity contribution in [1.29, 1.82) is 0 Å². The molecule has 1 aromatic rings. The Morgan fingerprint density at radius 2 is 2.37 bits per heavy atom. The fourth-order valence-electron chi connectivity index (χ4n) is 2.34. The molecule has 106 valence electrons. The van der Waals surface area contributed by atoms with Crippen molar-refractivity contribution in [2.45, 2.75) is 19.0 Å². The molecule has 0 aliphatic carbocycles. The van der Waals surface area contributed by atoms with Gasteiger partial charge >= 0.3 is 0 Å². The second-order valence-corrected chi connectivity index (χ2v) is 5.22. The van der Waals surface area contributed by atoms with E-state index in [0.29, 0.717) is 12.6 Å². The Morgan fingerprint density at radius 1 is 1.53 bits per heavy atom. The monoisotopic (exact) mass is 264 g/mol. The van der Waals surface area contributed by atoms with Crippen molar-refractivity contribution in [3.05, 3.63) is 23.9 Å². The van der Waals surface area contributed by atoms with Gasteiger partial charge in [-0.2, -0.15) is 0 Å². The largest absolute Gasteiger partial charge is 0.383 e. The van der Waals surface area contributed by atoms with E-state index in [1.54, 1.807) is 7.11 Å². The molecule has 0 aromatic carbocycles. The maximum absolute atomic E-state index is 5.91. The van der Waals surface area contributed by atoms with Crippen molar-refractivity contribution in [1.82, 2.24) is 9.88 Å². The molecule has 1 fully saturated rings. The highest BCUT2D eigenvalue weighted by Crippen LogP contribution is 2.14. The molecule has 0 radical (unpaired) electrons. The Labute approximate surface area is 115 Å². The molecule has 19 heavy (non-hydrogen) atoms. The van der Waals surface area contributed by atoms with Crippen LogP contribution in [0, 0.1) is 0 Å². The van der Waals surface area contributed by atoms with Crippen LogP contribution in [0.2, 0.25) is 0 Å². The van der Waals surface area contributed by atoms with Gasteiger partial charge in [-0.25, -0.2) is 4.98 Å². The van der Waals surface area contributed by atoms with Crippen molar-refractivity contribution in [2.75, 3.05) is 45.3 Å². The van der Waals surface area contributed by atoms with Gasteiger partial charge in [0.05, 0.1) is 6.61 Å². The lowest BCUT2D eigenvalue weighted by atomic mass is 10.2. The molecule has 0 spiro atoms. The summed E-state index contributed by atoms with van der Waals surface area (Å²) in [5.41, 5.74) is 7.16. The SMILES string of the molecule is COCCN(C)c1ccc(CN2CC[C@H](N)C2)cn1. The second kappa shape index (κ2) is 6.84.